The summed E-state index contributed by atoms with van der Waals surface area (Å²) in [5.41, 5.74) is 7.75. The molecular weight excluding hydrogens is 444 g/mol. The Bertz CT molecular complexity index is 1470. The van der Waals surface area contributed by atoms with Crippen LogP contribution in [-0.2, 0) is 29.2 Å². The van der Waals surface area contributed by atoms with Crippen molar-refractivity contribution in [1.82, 2.24) is 19.9 Å². The topological polar surface area (TPSA) is 76.1 Å². The Morgan fingerprint density at radius 1 is 1.00 bits per heavy atom. The predicted octanol–water partition coefficient (Wildman–Crippen LogP) is 3.99. The molecule has 2 aromatic heterocycles. The summed E-state index contributed by atoms with van der Waals surface area (Å²) in [5.74, 6) is 0.176. The minimum atomic E-state index is -2.97. The van der Waals surface area contributed by atoms with E-state index in [4.69, 9.17) is 4.98 Å². The molecule has 1 aliphatic heterocycles. The molecular formula is C27H28N4O2S. The lowest BCUT2D eigenvalue weighted by molar-refractivity contribution is 0.263. The Labute approximate surface area is 200 Å². The summed E-state index contributed by atoms with van der Waals surface area (Å²) < 4.78 is 23.1. The molecule has 0 fully saturated rings. The summed E-state index contributed by atoms with van der Waals surface area (Å²) >= 11 is 0. The number of pyridine rings is 1. The van der Waals surface area contributed by atoms with Crippen molar-refractivity contribution >= 4 is 20.6 Å². The van der Waals surface area contributed by atoms with Crippen LogP contribution in [0.4, 0.5) is 0 Å². The largest absolute Gasteiger partial charge is 0.296 e. The van der Waals surface area contributed by atoms with Crippen molar-refractivity contribution in [2.45, 2.75) is 26.3 Å². The summed E-state index contributed by atoms with van der Waals surface area (Å²) in [5, 5.41) is 2.32. The Morgan fingerprint density at radius 2 is 1.82 bits per heavy atom. The Kier molecular flexibility index (Phi) is 6.15. The number of rotatable bonds is 6. The molecule has 6 nitrogen and oxygen atoms in total. The van der Waals surface area contributed by atoms with Crippen molar-refractivity contribution in [3.05, 3.63) is 89.1 Å². The van der Waals surface area contributed by atoms with E-state index < -0.39 is 9.84 Å². The summed E-state index contributed by atoms with van der Waals surface area (Å²) in [4.78, 5) is 16.0. The number of fused-ring (bicyclic) bond motifs is 2. The second-order valence-electron chi connectivity index (χ2n) is 9.14. The lowest BCUT2D eigenvalue weighted by Crippen LogP contribution is -2.35. The van der Waals surface area contributed by atoms with Crippen LogP contribution in [0.1, 0.15) is 28.1 Å². The molecule has 5 rings (SSSR count). The van der Waals surface area contributed by atoms with E-state index in [2.05, 4.69) is 64.3 Å². The van der Waals surface area contributed by atoms with Gasteiger partial charge in [-0.25, -0.2) is 18.4 Å². The van der Waals surface area contributed by atoms with Crippen LogP contribution in [0.25, 0.3) is 22.0 Å². The second-order valence-corrected chi connectivity index (χ2v) is 11.4. The summed E-state index contributed by atoms with van der Waals surface area (Å²) in [6.07, 6.45) is 6.42. The van der Waals surface area contributed by atoms with E-state index in [1.54, 1.807) is 6.33 Å². The molecule has 1 aliphatic rings. The van der Waals surface area contributed by atoms with Gasteiger partial charge in [0.25, 0.3) is 0 Å². The lowest BCUT2D eigenvalue weighted by atomic mass is 9.95. The van der Waals surface area contributed by atoms with Gasteiger partial charge >= 0.3 is 0 Å². The third-order valence-electron chi connectivity index (χ3n) is 6.53. The van der Waals surface area contributed by atoms with Crippen molar-refractivity contribution < 1.29 is 8.42 Å². The molecule has 7 heteroatoms. The van der Waals surface area contributed by atoms with Gasteiger partial charge in [0, 0.05) is 49.5 Å². The van der Waals surface area contributed by atoms with Gasteiger partial charge in [-0.2, -0.15) is 0 Å². The van der Waals surface area contributed by atoms with Crippen LogP contribution < -0.4 is 0 Å². The molecule has 0 radical (unpaired) electrons. The van der Waals surface area contributed by atoms with Crippen molar-refractivity contribution in [3.63, 3.8) is 0 Å². The molecule has 0 N–H and O–H groups in total. The predicted molar refractivity (Wildman–Crippen MR) is 135 cm³/mol. The number of aryl methyl sites for hydroxylation is 1. The molecule has 0 aliphatic carbocycles. The van der Waals surface area contributed by atoms with E-state index in [1.807, 2.05) is 12.3 Å². The molecule has 4 aromatic rings. The number of benzene rings is 2. The lowest BCUT2D eigenvalue weighted by Gasteiger charge is -2.28. The molecule has 0 unspecified atom stereocenters. The molecule has 2 aromatic carbocycles. The minimum absolute atomic E-state index is 0.176. The first-order valence-corrected chi connectivity index (χ1v) is 13.6. The summed E-state index contributed by atoms with van der Waals surface area (Å²) in [6, 6.07) is 17.0. The van der Waals surface area contributed by atoms with Crippen molar-refractivity contribution in [1.29, 1.82) is 0 Å². The molecule has 0 saturated heterocycles. The minimum Gasteiger partial charge on any atom is -0.296 e. The van der Waals surface area contributed by atoms with E-state index in [0.717, 1.165) is 47.4 Å². The first-order valence-electron chi connectivity index (χ1n) is 11.5. The monoisotopic (exact) mass is 472 g/mol. The van der Waals surface area contributed by atoms with Crippen LogP contribution in [0.5, 0.6) is 0 Å². The van der Waals surface area contributed by atoms with Gasteiger partial charge in [0.05, 0.1) is 22.8 Å². The van der Waals surface area contributed by atoms with Gasteiger partial charge < -0.3 is 0 Å². The van der Waals surface area contributed by atoms with Gasteiger partial charge in [0.15, 0.2) is 0 Å². The average molecular weight is 473 g/mol. The van der Waals surface area contributed by atoms with E-state index in [0.29, 0.717) is 13.1 Å². The fourth-order valence-corrected chi connectivity index (χ4v) is 5.18. The molecule has 0 amide bonds. The van der Waals surface area contributed by atoms with Crippen LogP contribution in [0, 0.1) is 6.92 Å². The summed E-state index contributed by atoms with van der Waals surface area (Å²) in [7, 11) is -2.97. The van der Waals surface area contributed by atoms with Gasteiger partial charge in [-0.1, -0.05) is 36.4 Å². The number of aromatic nitrogens is 3. The average Bonchev–Trinajstić information content (AvgIpc) is 2.83. The van der Waals surface area contributed by atoms with Crippen molar-refractivity contribution in [2.75, 3.05) is 25.1 Å². The van der Waals surface area contributed by atoms with Crippen molar-refractivity contribution in [2.24, 2.45) is 0 Å². The van der Waals surface area contributed by atoms with E-state index in [-0.39, 0.29) is 5.75 Å². The maximum absolute atomic E-state index is 11.5. The Hall–Kier alpha value is -3.16. The third kappa shape index (κ3) is 5.00. The van der Waals surface area contributed by atoms with Gasteiger partial charge in [-0.05, 0) is 47.6 Å². The van der Waals surface area contributed by atoms with E-state index in [1.165, 1.54) is 28.3 Å². The first kappa shape index (κ1) is 22.6. The Balaban J connectivity index is 1.39. The number of sulfone groups is 1. The molecule has 34 heavy (non-hydrogen) atoms. The van der Waals surface area contributed by atoms with Crippen LogP contribution >= 0.6 is 0 Å². The zero-order valence-corrected chi connectivity index (χ0v) is 20.3. The maximum Gasteiger partial charge on any atom is 0.148 e. The van der Waals surface area contributed by atoms with Gasteiger partial charge in [-0.15, -0.1) is 0 Å². The van der Waals surface area contributed by atoms with Crippen LogP contribution in [0.3, 0.4) is 0 Å². The summed E-state index contributed by atoms with van der Waals surface area (Å²) in [6.45, 7) is 4.15. The fourth-order valence-electron chi connectivity index (χ4n) is 4.59. The molecule has 0 atom stereocenters. The maximum atomic E-state index is 11.5. The Morgan fingerprint density at radius 3 is 2.65 bits per heavy atom. The van der Waals surface area contributed by atoms with E-state index >= 15 is 0 Å². The normalized spacial score (nSPS) is 14.3. The number of nitrogens with zero attached hydrogens (tertiary/aromatic N) is 4. The van der Waals surface area contributed by atoms with Crippen LogP contribution in [0.2, 0.25) is 0 Å². The molecule has 0 saturated carbocycles. The number of hydrogen-bond acceptors (Lipinski definition) is 6. The van der Waals surface area contributed by atoms with Gasteiger partial charge in [-0.3, -0.25) is 9.88 Å². The van der Waals surface area contributed by atoms with Crippen LogP contribution in [-0.4, -0.2) is 53.4 Å². The van der Waals surface area contributed by atoms with Gasteiger partial charge in [0.2, 0.25) is 0 Å². The fraction of sp³-hybridized carbons (Fsp3) is 0.296. The highest BCUT2D eigenvalue weighted by Crippen LogP contribution is 2.28. The highest BCUT2D eigenvalue weighted by atomic mass is 32.2. The molecule has 0 spiro atoms. The molecule has 174 valence electrons. The smallest absolute Gasteiger partial charge is 0.148 e. The quantitative estimate of drug-likeness (QED) is 0.422. The first-order chi connectivity index (χ1) is 16.4. The molecule has 3 heterocycles. The van der Waals surface area contributed by atoms with Crippen LogP contribution in [0.15, 0.2) is 61.1 Å². The SMILES string of the molecule is Cc1ccc(Cc2ncnc3c2CCN(CCS(C)(=O)=O)C3)cc1-c1cc2ccccc2cn1. The standard InChI is InChI=1S/C27H28N4O2S/c1-19-7-8-20(13-24(19)26-15-21-5-3-4-6-22(21)16-28-26)14-25-23-9-10-31(11-12-34(2,32)33)17-27(23)30-18-29-25/h3-8,13,15-16,18H,9-12,14,17H2,1-2H3. The van der Waals surface area contributed by atoms with E-state index in [9.17, 15) is 8.42 Å². The second kappa shape index (κ2) is 9.24. The van der Waals surface area contributed by atoms with Gasteiger partial charge in [0.1, 0.15) is 16.2 Å². The highest BCUT2D eigenvalue weighted by Gasteiger charge is 2.21. The number of hydrogen-bond donors (Lipinski definition) is 0. The third-order valence-corrected chi connectivity index (χ3v) is 7.46. The zero-order chi connectivity index (χ0) is 23.7. The highest BCUT2D eigenvalue weighted by molar-refractivity contribution is 7.90. The van der Waals surface area contributed by atoms with Crippen molar-refractivity contribution in [3.8, 4) is 11.3 Å². The molecule has 0 bridgehead atoms. The zero-order valence-electron chi connectivity index (χ0n) is 19.5.